The molecule has 2 saturated carbocycles. The van der Waals surface area contributed by atoms with Crippen LogP contribution in [0.25, 0.3) is 11.1 Å². The van der Waals surface area contributed by atoms with Crippen LogP contribution >= 0.6 is 34.8 Å². The van der Waals surface area contributed by atoms with E-state index in [1.165, 1.54) is 25.7 Å². The normalized spacial score (nSPS) is 18.0. The highest BCUT2D eigenvalue weighted by molar-refractivity contribution is 6.42. The van der Waals surface area contributed by atoms with Crippen molar-refractivity contribution in [3.8, 4) is 11.1 Å². The fraction of sp³-hybridized carbons (Fsp3) is 0.471. The van der Waals surface area contributed by atoms with E-state index in [-0.39, 0.29) is 0 Å². The zero-order chi connectivity index (χ0) is 16.3. The quantitative estimate of drug-likeness (QED) is 0.768. The molecule has 2 aliphatic rings. The highest BCUT2D eigenvalue weighted by Crippen LogP contribution is 2.57. The van der Waals surface area contributed by atoms with Crippen molar-refractivity contribution in [2.75, 3.05) is 5.73 Å². The summed E-state index contributed by atoms with van der Waals surface area (Å²) in [5, 5.41) is 6.32. The highest BCUT2D eigenvalue weighted by atomic mass is 35.5. The Labute approximate surface area is 150 Å². The predicted octanol–water partition coefficient (Wildman–Crippen LogP) is 5.53. The van der Waals surface area contributed by atoms with Gasteiger partial charge in [-0.05, 0) is 49.7 Å². The minimum Gasteiger partial charge on any atom is -0.383 e. The van der Waals surface area contributed by atoms with Gasteiger partial charge in [0.05, 0.1) is 21.3 Å². The number of hydrogen-bond donors (Lipinski definition) is 1. The second-order valence-electron chi connectivity index (χ2n) is 6.71. The molecule has 0 unspecified atom stereocenters. The molecule has 1 aromatic carbocycles. The smallest absolute Gasteiger partial charge is 0.129 e. The van der Waals surface area contributed by atoms with Gasteiger partial charge in [0.25, 0.3) is 0 Å². The van der Waals surface area contributed by atoms with Gasteiger partial charge in [-0.1, -0.05) is 34.8 Å². The summed E-state index contributed by atoms with van der Waals surface area (Å²) in [5.41, 5.74) is 9.04. The Morgan fingerprint density at radius 3 is 2.04 bits per heavy atom. The minimum absolute atomic E-state index is 0.469. The van der Waals surface area contributed by atoms with Crippen LogP contribution in [0, 0.1) is 11.8 Å². The van der Waals surface area contributed by atoms with E-state index < -0.39 is 0 Å². The number of aryl methyl sites for hydroxylation is 1. The molecular weight excluding hydrogens is 353 g/mol. The van der Waals surface area contributed by atoms with Gasteiger partial charge in [-0.25, -0.2) is 0 Å². The second kappa shape index (κ2) is 5.58. The summed E-state index contributed by atoms with van der Waals surface area (Å²) < 4.78 is 1.74. The van der Waals surface area contributed by atoms with Crippen molar-refractivity contribution in [3.63, 3.8) is 0 Å². The molecule has 2 aromatic rings. The lowest BCUT2D eigenvalue weighted by molar-refractivity contribution is 0.517. The molecular formula is C17H18Cl3N3. The van der Waals surface area contributed by atoms with Gasteiger partial charge >= 0.3 is 0 Å². The Morgan fingerprint density at radius 1 is 1.04 bits per heavy atom. The van der Waals surface area contributed by atoms with E-state index in [1.54, 1.807) is 16.8 Å². The van der Waals surface area contributed by atoms with E-state index in [0.717, 1.165) is 28.7 Å². The third-order valence-corrected chi connectivity index (χ3v) is 5.77. The van der Waals surface area contributed by atoms with Crippen LogP contribution in [0.4, 0.5) is 5.82 Å². The molecule has 6 heteroatoms. The topological polar surface area (TPSA) is 43.8 Å². The molecule has 0 bridgehead atoms. The first kappa shape index (κ1) is 15.6. The summed E-state index contributed by atoms with van der Waals surface area (Å²) in [7, 11) is 1.87. The molecule has 0 aliphatic heterocycles. The lowest BCUT2D eigenvalue weighted by atomic mass is 9.89. The van der Waals surface area contributed by atoms with Crippen LogP contribution in [0.15, 0.2) is 12.1 Å². The van der Waals surface area contributed by atoms with Gasteiger partial charge in [-0.15, -0.1) is 0 Å². The lowest BCUT2D eigenvalue weighted by Crippen LogP contribution is -2.07. The molecule has 0 radical (unpaired) electrons. The summed E-state index contributed by atoms with van der Waals surface area (Å²) in [6.07, 6.45) is 5.11. The molecule has 23 heavy (non-hydrogen) atoms. The second-order valence-corrected chi connectivity index (χ2v) is 7.97. The molecule has 3 nitrogen and oxygen atoms in total. The van der Waals surface area contributed by atoms with Crippen LogP contribution in [0.3, 0.4) is 0 Å². The van der Waals surface area contributed by atoms with E-state index in [1.807, 2.05) is 7.05 Å². The third kappa shape index (κ3) is 2.73. The molecule has 0 saturated heterocycles. The van der Waals surface area contributed by atoms with Gasteiger partial charge in [-0.2, -0.15) is 5.10 Å². The fourth-order valence-electron chi connectivity index (χ4n) is 3.57. The number of rotatable bonds is 4. The maximum atomic E-state index is 6.46. The van der Waals surface area contributed by atoms with Crippen molar-refractivity contribution >= 4 is 40.6 Å². The summed E-state index contributed by atoms with van der Waals surface area (Å²) in [5.74, 6) is 2.52. The van der Waals surface area contributed by atoms with E-state index in [4.69, 9.17) is 45.6 Å². The van der Waals surface area contributed by atoms with Gasteiger partial charge < -0.3 is 5.73 Å². The number of hydrogen-bond acceptors (Lipinski definition) is 2. The predicted molar refractivity (Wildman–Crippen MR) is 96.3 cm³/mol. The average Bonchev–Trinajstić information content (AvgIpc) is 3.35. The minimum atomic E-state index is 0.469. The Kier molecular flexibility index (Phi) is 3.79. The molecule has 122 valence electrons. The van der Waals surface area contributed by atoms with Crippen molar-refractivity contribution in [3.05, 3.63) is 32.9 Å². The first-order valence-corrected chi connectivity index (χ1v) is 9.08. The number of nitrogens with zero attached hydrogens (tertiary/aromatic N) is 2. The fourth-order valence-corrected chi connectivity index (χ4v) is 4.58. The van der Waals surface area contributed by atoms with E-state index >= 15 is 0 Å². The van der Waals surface area contributed by atoms with E-state index in [2.05, 4.69) is 0 Å². The Bertz CT molecular complexity index is 741. The Morgan fingerprint density at radius 2 is 1.57 bits per heavy atom. The summed E-state index contributed by atoms with van der Waals surface area (Å²) >= 11 is 19.0. The zero-order valence-electron chi connectivity index (χ0n) is 12.8. The molecule has 2 aliphatic carbocycles. The van der Waals surface area contributed by atoms with Crippen molar-refractivity contribution in [1.82, 2.24) is 9.78 Å². The van der Waals surface area contributed by atoms with Crippen molar-refractivity contribution < 1.29 is 0 Å². The summed E-state index contributed by atoms with van der Waals surface area (Å²) in [6, 6.07) is 3.42. The van der Waals surface area contributed by atoms with Crippen molar-refractivity contribution in [2.45, 2.75) is 31.6 Å². The largest absolute Gasteiger partial charge is 0.383 e. The maximum Gasteiger partial charge on any atom is 0.129 e. The maximum absolute atomic E-state index is 6.46. The van der Waals surface area contributed by atoms with Crippen LogP contribution in [-0.2, 0) is 7.05 Å². The molecule has 0 amide bonds. The third-order valence-electron chi connectivity index (χ3n) is 4.95. The van der Waals surface area contributed by atoms with Crippen LogP contribution < -0.4 is 5.73 Å². The Hall–Kier alpha value is -0.900. The average molecular weight is 371 g/mol. The van der Waals surface area contributed by atoms with Crippen molar-refractivity contribution in [2.24, 2.45) is 18.9 Å². The first-order valence-electron chi connectivity index (χ1n) is 7.94. The van der Waals surface area contributed by atoms with Crippen molar-refractivity contribution in [1.29, 1.82) is 0 Å². The number of aromatic nitrogens is 2. The number of nitrogen functional groups attached to an aromatic ring is 1. The standard InChI is InChI=1S/C17H18Cl3N3/c1-23-17(21)15(14-11(19)6-10(18)7-12(14)20)16(22-23)13(8-2-3-8)9-4-5-9/h6-9,13H,2-5,21H2,1H3. The summed E-state index contributed by atoms with van der Waals surface area (Å²) in [6.45, 7) is 0. The monoisotopic (exact) mass is 369 g/mol. The number of benzene rings is 1. The number of halogens is 3. The summed E-state index contributed by atoms with van der Waals surface area (Å²) in [4.78, 5) is 0. The molecule has 1 aromatic heterocycles. The van der Waals surface area contributed by atoms with Crippen LogP contribution in [0.2, 0.25) is 15.1 Å². The van der Waals surface area contributed by atoms with Crippen LogP contribution in [0.5, 0.6) is 0 Å². The van der Waals surface area contributed by atoms with Gasteiger partial charge in [0.15, 0.2) is 0 Å². The van der Waals surface area contributed by atoms with Gasteiger partial charge in [-0.3, -0.25) is 4.68 Å². The number of anilines is 1. The van der Waals surface area contributed by atoms with Gasteiger partial charge in [0, 0.05) is 23.6 Å². The highest BCUT2D eigenvalue weighted by Gasteiger charge is 2.45. The zero-order valence-corrected chi connectivity index (χ0v) is 15.1. The van der Waals surface area contributed by atoms with E-state index in [0.29, 0.717) is 26.8 Å². The number of nitrogens with two attached hydrogens (primary N) is 1. The molecule has 2 fully saturated rings. The molecule has 0 spiro atoms. The van der Waals surface area contributed by atoms with Gasteiger partial charge in [0.1, 0.15) is 5.82 Å². The Balaban J connectivity index is 1.92. The molecule has 1 heterocycles. The van der Waals surface area contributed by atoms with Crippen LogP contribution in [0.1, 0.15) is 37.3 Å². The molecule has 4 rings (SSSR count). The lowest BCUT2D eigenvalue weighted by Gasteiger charge is -2.16. The SMILES string of the molecule is Cn1nc(C(C2CC2)C2CC2)c(-c2c(Cl)cc(Cl)cc2Cl)c1N. The molecule has 2 N–H and O–H groups in total. The van der Waals surface area contributed by atoms with Crippen LogP contribution in [-0.4, -0.2) is 9.78 Å². The molecule has 0 atom stereocenters. The van der Waals surface area contributed by atoms with Gasteiger partial charge in [0.2, 0.25) is 0 Å². The first-order chi connectivity index (χ1) is 11.0. The van der Waals surface area contributed by atoms with E-state index in [9.17, 15) is 0 Å².